The summed E-state index contributed by atoms with van der Waals surface area (Å²) in [6, 6.07) is 15.1. The number of nitrogens with one attached hydrogen (secondary N) is 2. The molecule has 0 radical (unpaired) electrons. The molecule has 0 atom stereocenters. The number of benzene rings is 2. The van der Waals surface area contributed by atoms with Crippen molar-refractivity contribution in [2.24, 2.45) is 0 Å². The molecule has 1 heterocycles. The molecule has 0 aliphatic rings. The Bertz CT molecular complexity index is 1000. The first-order valence-electron chi connectivity index (χ1n) is 9.28. The number of amides is 2. The van der Waals surface area contributed by atoms with Crippen LogP contribution in [0.4, 0.5) is 0 Å². The lowest BCUT2D eigenvalue weighted by atomic mass is 10.1. The van der Waals surface area contributed by atoms with E-state index in [-0.39, 0.29) is 11.8 Å². The van der Waals surface area contributed by atoms with Gasteiger partial charge in [-0.25, -0.2) is 4.98 Å². The third kappa shape index (κ3) is 4.65. The van der Waals surface area contributed by atoms with Crippen LogP contribution in [0.25, 0.3) is 17.1 Å². The second kappa shape index (κ2) is 8.99. The fraction of sp³-hybridized carbons (Fsp3) is 0.227. The van der Waals surface area contributed by atoms with Gasteiger partial charge in [-0.1, -0.05) is 24.3 Å². The van der Waals surface area contributed by atoms with E-state index < -0.39 is 0 Å². The number of hydrogen-bond donors (Lipinski definition) is 2. The predicted molar refractivity (Wildman–Crippen MR) is 111 cm³/mol. The molecule has 2 N–H and O–H groups in total. The van der Waals surface area contributed by atoms with Gasteiger partial charge in [0.1, 0.15) is 5.82 Å². The lowest BCUT2D eigenvalue weighted by Gasteiger charge is -2.07. The van der Waals surface area contributed by atoms with Crippen LogP contribution in [-0.2, 0) is 11.3 Å². The van der Waals surface area contributed by atoms with E-state index in [0.717, 1.165) is 35.4 Å². The first kappa shape index (κ1) is 19.4. The van der Waals surface area contributed by atoms with Gasteiger partial charge in [0.15, 0.2) is 0 Å². The molecule has 3 aromatic rings. The molecule has 0 aliphatic carbocycles. The van der Waals surface area contributed by atoms with E-state index in [1.165, 1.54) is 6.08 Å². The maximum absolute atomic E-state index is 12.0. The van der Waals surface area contributed by atoms with E-state index in [2.05, 4.69) is 26.3 Å². The fourth-order valence-electron chi connectivity index (χ4n) is 3.05. The van der Waals surface area contributed by atoms with Crippen molar-refractivity contribution in [3.05, 3.63) is 71.6 Å². The molecule has 6 heteroatoms. The summed E-state index contributed by atoms with van der Waals surface area (Å²) >= 11 is 0. The summed E-state index contributed by atoms with van der Waals surface area (Å²) in [5, 5.41) is 5.47. The highest BCUT2D eigenvalue weighted by Gasteiger charge is 2.06. The summed E-state index contributed by atoms with van der Waals surface area (Å²) in [7, 11) is 1.59. The summed E-state index contributed by atoms with van der Waals surface area (Å²) in [4.78, 5) is 28.1. The topological polar surface area (TPSA) is 76.0 Å². The number of imidazole rings is 1. The number of carbonyl (C=O) groups excluding carboxylic acids is 2. The van der Waals surface area contributed by atoms with Crippen molar-refractivity contribution in [1.82, 2.24) is 20.2 Å². The molecule has 0 aliphatic heterocycles. The van der Waals surface area contributed by atoms with Crippen molar-refractivity contribution >= 4 is 28.9 Å². The number of aromatic nitrogens is 2. The number of nitrogens with zero attached hydrogens (tertiary/aromatic N) is 2. The van der Waals surface area contributed by atoms with Crippen LogP contribution in [0.15, 0.2) is 54.6 Å². The van der Waals surface area contributed by atoms with Crippen LogP contribution in [0.3, 0.4) is 0 Å². The molecular formula is C22H24N4O2. The molecule has 0 saturated carbocycles. The van der Waals surface area contributed by atoms with Crippen LogP contribution in [0.5, 0.6) is 0 Å². The number of hydrogen-bond acceptors (Lipinski definition) is 3. The Hall–Kier alpha value is -3.41. The first-order chi connectivity index (χ1) is 13.6. The third-order valence-corrected chi connectivity index (χ3v) is 4.53. The number of para-hydroxylation sites is 2. The van der Waals surface area contributed by atoms with Gasteiger partial charge in [-0.3, -0.25) is 9.59 Å². The molecule has 144 valence electrons. The van der Waals surface area contributed by atoms with Gasteiger partial charge in [0.25, 0.3) is 5.91 Å². The van der Waals surface area contributed by atoms with E-state index in [1.54, 1.807) is 37.4 Å². The highest BCUT2D eigenvalue weighted by atomic mass is 16.2. The van der Waals surface area contributed by atoms with Crippen molar-refractivity contribution in [2.75, 3.05) is 13.6 Å². The highest BCUT2D eigenvalue weighted by molar-refractivity contribution is 5.94. The van der Waals surface area contributed by atoms with E-state index in [4.69, 9.17) is 0 Å². The van der Waals surface area contributed by atoms with Gasteiger partial charge in [-0.15, -0.1) is 0 Å². The SMILES string of the molecule is CNC(=O)c1ccc(/C=C/C(=O)NCCCn2c(C)nc3ccccc32)cc1. The maximum Gasteiger partial charge on any atom is 0.251 e. The molecule has 28 heavy (non-hydrogen) atoms. The Balaban J connectivity index is 1.47. The van der Waals surface area contributed by atoms with Crippen molar-refractivity contribution in [1.29, 1.82) is 0 Å². The molecule has 6 nitrogen and oxygen atoms in total. The second-order valence-electron chi connectivity index (χ2n) is 6.48. The van der Waals surface area contributed by atoms with Crippen molar-refractivity contribution in [3.8, 4) is 0 Å². The summed E-state index contributed by atoms with van der Waals surface area (Å²) in [5.74, 6) is 0.712. The zero-order chi connectivity index (χ0) is 19.9. The van der Waals surface area contributed by atoms with Crippen LogP contribution in [0.2, 0.25) is 0 Å². The minimum Gasteiger partial charge on any atom is -0.355 e. The fourth-order valence-corrected chi connectivity index (χ4v) is 3.05. The average molecular weight is 376 g/mol. The summed E-state index contributed by atoms with van der Waals surface area (Å²) in [5.41, 5.74) is 3.57. The summed E-state index contributed by atoms with van der Waals surface area (Å²) in [6.07, 6.45) is 4.06. The smallest absolute Gasteiger partial charge is 0.251 e. The maximum atomic E-state index is 12.0. The largest absolute Gasteiger partial charge is 0.355 e. The number of aryl methyl sites for hydroxylation is 2. The second-order valence-corrected chi connectivity index (χ2v) is 6.48. The van der Waals surface area contributed by atoms with Crippen LogP contribution in [-0.4, -0.2) is 35.0 Å². The van der Waals surface area contributed by atoms with E-state index in [0.29, 0.717) is 12.1 Å². The van der Waals surface area contributed by atoms with Gasteiger partial charge >= 0.3 is 0 Å². The molecule has 0 fully saturated rings. The molecule has 0 saturated heterocycles. The predicted octanol–water partition coefficient (Wildman–Crippen LogP) is 2.92. The lowest BCUT2D eigenvalue weighted by Crippen LogP contribution is -2.23. The number of rotatable bonds is 7. The molecule has 3 rings (SSSR count). The zero-order valence-corrected chi connectivity index (χ0v) is 16.1. The van der Waals surface area contributed by atoms with Gasteiger partial charge in [-0.05, 0) is 49.2 Å². The first-order valence-corrected chi connectivity index (χ1v) is 9.28. The van der Waals surface area contributed by atoms with Gasteiger partial charge in [0, 0.05) is 31.8 Å². The summed E-state index contributed by atoms with van der Waals surface area (Å²) in [6.45, 7) is 3.39. The van der Waals surface area contributed by atoms with Gasteiger partial charge in [-0.2, -0.15) is 0 Å². The van der Waals surface area contributed by atoms with Gasteiger partial charge in [0.2, 0.25) is 5.91 Å². The van der Waals surface area contributed by atoms with Crippen molar-refractivity contribution in [3.63, 3.8) is 0 Å². The molecule has 0 bridgehead atoms. The minimum absolute atomic E-state index is 0.130. The Morgan fingerprint density at radius 1 is 1.11 bits per heavy atom. The average Bonchev–Trinajstić information content (AvgIpc) is 3.04. The standard InChI is InChI=1S/C22H24N4O2/c1-16-25-19-6-3-4-7-20(19)26(16)15-5-14-24-21(27)13-10-17-8-11-18(12-9-17)22(28)23-2/h3-4,6-13H,5,14-15H2,1-2H3,(H,23,28)(H,24,27)/b13-10+. The Kier molecular flexibility index (Phi) is 6.22. The van der Waals surface area contributed by atoms with Crippen LogP contribution in [0, 0.1) is 6.92 Å². The van der Waals surface area contributed by atoms with E-state index >= 15 is 0 Å². The molecule has 2 aromatic carbocycles. The van der Waals surface area contributed by atoms with Crippen LogP contribution in [0.1, 0.15) is 28.2 Å². The minimum atomic E-state index is -0.136. The summed E-state index contributed by atoms with van der Waals surface area (Å²) < 4.78 is 2.17. The Labute approximate surface area is 164 Å². The van der Waals surface area contributed by atoms with E-state index in [1.807, 2.05) is 25.1 Å². The molecule has 0 spiro atoms. The van der Waals surface area contributed by atoms with Crippen molar-refractivity contribution in [2.45, 2.75) is 19.9 Å². The molecule has 0 unspecified atom stereocenters. The van der Waals surface area contributed by atoms with Crippen LogP contribution < -0.4 is 10.6 Å². The quantitative estimate of drug-likeness (QED) is 0.492. The normalized spacial score (nSPS) is 11.1. The van der Waals surface area contributed by atoms with E-state index in [9.17, 15) is 9.59 Å². The zero-order valence-electron chi connectivity index (χ0n) is 16.1. The number of fused-ring (bicyclic) bond motifs is 1. The molecular weight excluding hydrogens is 352 g/mol. The third-order valence-electron chi connectivity index (χ3n) is 4.53. The molecule has 1 aromatic heterocycles. The number of carbonyl (C=O) groups is 2. The van der Waals surface area contributed by atoms with Gasteiger partial charge in [0.05, 0.1) is 11.0 Å². The Morgan fingerprint density at radius 2 is 1.86 bits per heavy atom. The monoisotopic (exact) mass is 376 g/mol. The molecule has 2 amide bonds. The van der Waals surface area contributed by atoms with Crippen molar-refractivity contribution < 1.29 is 9.59 Å². The Morgan fingerprint density at radius 3 is 2.61 bits per heavy atom. The van der Waals surface area contributed by atoms with Crippen LogP contribution >= 0.6 is 0 Å². The lowest BCUT2D eigenvalue weighted by molar-refractivity contribution is -0.116. The highest BCUT2D eigenvalue weighted by Crippen LogP contribution is 2.15. The van der Waals surface area contributed by atoms with Gasteiger partial charge < -0.3 is 15.2 Å².